The van der Waals surface area contributed by atoms with Crippen LogP contribution in [0.4, 0.5) is 8.78 Å². The number of nitrogens with zero attached hydrogens (tertiary/aromatic N) is 3. The number of aromatic nitrogens is 2. The molecule has 1 saturated carbocycles. The fraction of sp³-hybridized carbons (Fsp3) is 0.312. The van der Waals surface area contributed by atoms with Crippen molar-refractivity contribution in [2.75, 3.05) is 0 Å². The Bertz CT molecular complexity index is 776. The quantitative estimate of drug-likeness (QED) is 0.805. The summed E-state index contributed by atoms with van der Waals surface area (Å²) in [6.45, 7) is 0. The fourth-order valence-corrected chi connectivity index (χ4v) is 3.63. The van der Waals surface area contributed by atoms with Crippen molar-refractivity contribution in [2.24, 2.45) is 0 Å². The second-order valence-corrected chi connectivity index (χ2v) is 5.76. The van der Waals surface area contributed by atoms with Gasteiger partial charge in [-0.2, -0.15) is 10.4 Å². The molecule has 1 heterocycles. The molecule has 0 saturated heterocycles. The van der Waals surface area contributed by atoms with Crippen molar-refractivity contribution >= 4 is 0 Å². The molecule has 0 radical (unpaired) electrons. The van der Waals surface area contributed by atoms with Crippen molar-refractivity contribution in [3.63, 3.8) is 0 Å². The van der Waals surface area contributed by atoms with E-state index in [9.17, 15) is 14.0 Å². The summed E-state index contributed by atoms with van der Waals surface area (Å²) in [4.78, 5) is 0. The lowest BCUT2D eigenvalue weighted by molar-refractivity contribution is 0.559. The molecule has 21 heavy (non-hydrogen) atoms. The first-order valence-electron chi connectivity index (χ1n) is 6.88. The third-order valence-electron chi connectivity index (χ3n) is 4.66. The number of halogens is 2. The Balaban J connectivity index is 1.90. The number of nitriles is 1. The molecule has 104 valence electrons. The number of hydrogen-bond donors (Lipinski definition) is 0. The molecule has 2 bridgehead atoms. The van der Waals surface area contributed by atoms with Gasteiger partial charge in [0.2, 0.25) is 0 Å². The highest BCUT2D eigenvalue weighted by atomic mass is 19.1. The molecule has 0 aliphatic heterocycles. The van der Waals surface area contributed by atoms with E-state index in [1.807, 2.05) is 0 Å². The van der Waals surface area contributed by atoms with E-state index in [4.69, 9.17) is 0 Å². The molecule has 0 spiro atoms. The second-order valence-electron chi connectivity index (χ2n) is 5.76. The summed E-state index contributed by atoms with van der Waals surface area (Å²) in [7, 11) is 0. The molecule has 2 atom stereocenters. The Morgan fingerprint density at radius 1 is 1.24 bits per heavy atom. The number of hydrogen-bond acceptors (Lipinski definition) is 3. The van der Waals surface area contributed by atoms with E-state index in [0.29, 0.717) is 5.69 Å². The van der Waals surface area contributed by atoms with E-state index < -0.39 is 17.0 Å². The van der Waals surface area contributed by atoms with E-state index in [1.165, 1.54) is 18.2 Å². The number of rotatable bonds is 1. The molecule has 5 heteroatoms. The lowest BCUT2D eigenvalue weighted by Gasteiger charge is -2.19. The van der Waals surface area contributed by atoms with Crippen LogP contribution in [0.3, 0.4) is 0 Å². The van der Waals surface area contributed by atoms with Gasteiger partial charge in [0.25, 0.3) is 0 Å². The summed E-state index contributed by atoms with van der Waals surface area (Å²) < 4.78 is 27.7. The van der Waals surface area contributed by atoms with Gasteiger partial charge in [0, 0.05) is 0 Å². The van der Waals surface area contributed by atoms with Gasteiger partial charge in [0.1, 0.15) is 17.0 Å². The van der Waals surface area contributed by atoms with Crippen LogP contribution in [0.15, 0.2) is 24.3 Å². The van der Waals surface area contributed by atoms with E-state index >= 15 is 0 Å². The van der Waals surface area contributed by atoms with Crippen LogP contribution in [0, 0.1) is 23.0 Å². The van der Waals surface area contributed by atoms with Gasteiger partial charge in [-0.3, -0.25) is 0 Å². The van der Waals surface area contributed by atoms with Crippen molar-refractivity contribution in [2.45, 2.75) is 30.6 Å². The predicted octanol–water partition coefficient (Wildman–Crippen LogP) is 3.46. The molecule has 0 unspecified atom stereocenters. The minimum Gasteiger partial charge on any atom is -0.206 e. The summed E-state index contributed by atoms with van der Waals surface area (Å²) in [6, 6.07) is 7.79. The van der Waals surface area contributed by atoms with Crippen LogP contribution in [0.1, 0.15) is 36.4 Å². The molecule has 1 fully saturated rings. The highest BCUT2D eigenvalue weighted by Gasteiger charge is 2.51. The predicted molar refractivity (Wildman–Crippen MR) is 71.3 cm³/mol. The molecule has 1 aromatic carbocycles. The third-order valence-corrected chi connectivity index (χ3v) is 4.66. The van der Waals surface area contributed by atoms with Crippen molar-refractivity contribution < 1.29 is 8.78 Å². The van der Waals surface area contributed by atoms with Gasteiger partial charge in [-0.15, -0.1) is 5.10 Å². The van der Waals surface area contributed by atoms with E-state index in [2.05, 4.69) is 16.3 Å². The van der Waals surface area contributed by atoms with Crippen molar-refractivity contribution in [1.82, 2.24) is 10.2 Å². The zero-order valence-electron chi connectivity index (χ0n) is 11.1. The topological polar surface area (TPSA) is 49.6 Å². The maximum absolute atomic E-state index is 13.9. The molecule has 2 aliphatic carbocycles. The summed E-state index contributed by atoms with van der Waals surface area (Å²) in [5.74, 6) is -1.05. The van der Waals surface area contributed by atoms with E-state index in [0.717, 1.165) is 24.8 Å². The first-order valence-corrected chi connectivity index (χ1v) is 6.88. The number of fused-ring (bicyclic) bond motifs is 5. The van der Waals surface area contributed by atoms with Crippen LogP contribution in [-0.2, 0) is 5.41 Å². The molecular formula is C16H11F2N3. The van der Waals surface area contributed by atoms with Crippen LogP contribution in [0.25, 0.3) is 11.3 Å². The molecule has 1 aromatic heterocycles. The first-order chi connectivity index (χ1) is 10.1. The Hall–Kier alpha value is -2.35. The summed E-state index contributed by atoms with van der Waals surface area (Å²) in [5, 5.41) is 17.5. The summed E-state index contributed by atoms with van der Waals surface area (Å²) >= 11 is 0. The second kappa shape index (κ2) is 4.08. The standard InChI is InChI=1S/C16H11F2N3/c17-11-2-1-3-12(18)14(11)13-6-10-9-4-5-16(7-9,8-19)15(10)21-20-13/h1-3,6,9H,4-5,7H2/t9-,16+/m1/s1. The van der Waals surface area contributed by atoms with Crippen LogP contribution in [0.5, 0.6) is 0 Å². The zero-order chi connectivity index (χ0) is 14.6. The molecular weight excluding hydrogens is 272 g/mol. The number of benzene rings is 1. The molecule has 0 N–H and O–H groups in total. The van der Waals surface area contributed by atoms with Crippen LogP contribution >= 0.6 is 0 Å². The summed E-state index contributed by atoms with van der Waals surface area (Å²) in [6.07, 6.45) is 2.46. The van der Waals surface area contributed by atoms with Crippen LogP contribution in [0.2, 0.25) is 0 Å². The molecule has 0 amide bonds. The molecule has 2 aromatic rings. The average Bonchev–Trinajstić information content (AvgIpc) is 3.05. The first kappa shape index (κ1) is 12.4. The molecule has 4 rings (SSSR count). The Morgan fingerprint density at radius 2 is 2.00 bits per heavy atom. The highest BCUT2D eigenvalue weighted by molar-refractivity contribution is 5.63. The lowest BCUT2D eigenvalue weighted by Crippen LogP contribution is -2.20. The van der Waals surface area contributed by atoms with Gasteiger partial charge in [0.15, 0.2) is 0 Å². The van der Waals surface area contributed by atoms with E-state index in [-0.39, 0.29) is 17.2 Å². The Kier molecular flexibility index (Phi) is 2.41. The molecule has 2 aliphatic rings. The van der Waals surface area contributed by atoms with Gasteiger partial charge < -0.3 is 0 Å². The SMILES string of the molecule is N#C[C@]12CC[C@H](C1)c1cc(-c3c(F)cccc3F)nnc12. The van der Waals surface area contributed by atoms with Crippen molar-refractivity contribution in [3.8, 4) is 17.3 Å². The minimum atomic E-state index is -0.651. The van der Waals surface area contributed by atoms with Crippen LogP contribution in [-0.4, -0.2) is 10.2 Å². The van der Waals surface area contributed by atoms with Crippen LogP contribution < -0.4 is 0 Å². The monoisotopic (exact) mass is 283 g/mol. The molecule has 3 nitrogen and oxygen atoms in total. The van der Waals surface area contributed by atoms with Gasteiger partial charge in [0.05, 0.1) is 23.0 Å². The summed E-state index contributed by atoms with van der Waals surface area (Å²) in [5.41, 5.74) is 1.13. The van der Waals surface area contributed by atoms with Gasteiger partial charge in [-0.05, 0) is 48.9 Å². The van der Waals surface area contributed by atoms with Crippen molar-refractivity contribution in [1.29, 1.82) is 5.26 Å². The van der Waals surface area contributed by atoms with E-state index in [1.54, 1.807) is 6.07 Å². The fourth-order valence-electron chi connectivity index (χ4n) is 3.63. The Labute approximate surface area is 120 Å². The average molecular weight is 283 g/mol. The minimum absolute atomic E-state index is 0.151. The maximum atomic E-state index is 13.9. The van der Waals surface area contributed by atoms with Gasteiger partial charge >= 0.3 is 0 Å². The van der Waals surface area contributed by atoms with Gasteiger partial charge in [-0.25, -0.2) is 8.78 Å². The zero-order valence-corrected chi connectivity index (χ0v) is 11.1. The van der Waals surface area contributed by atoms with Crippen molar-refractivity contribution in [3.05, 3.63) is 47.2 Å². The third kappa shape index (κ3) is 1.56. The normalized spacial score (nSPS) is 25.7. The highest BCUT2D eigenvalue weighted by Crippen LogP contribution is 2.56. The van der Waals surface area contributed by atoms with Gasteiger partial charge in [-0.1, -0.05) is 6.07 Å². The lowest BCUT2D eigenvalue weighted by atomic mass is 9.84. The Morgan fingerprint density at radius 3 is 2.71 bits per heavy atom. The maximum Gasteiger partial charge on any atom is 0.135 e. The smallest absolute Gasteiger partial charge is 0.135 e. The largest absolute Gasteiger partial charge is 0.206 e.